The van der Waals surface area contributed by atoms with Crippen molar-refractivity contribution in [3.63, 3.8) is 0 Å². The number of ether oxygens (including phenoxy) is 2. The van der Waals surface area contributed by atoms with Crippen molar-refractivity contribution >= 4 is 29.6 Å². The molecule has 1 aliphatic heterocycles. The average molecular weight is 503 g/mol. The second kappa shape index (κ2) is 10.3. The monoisotopic (exact) mass is 502 g/mol. The van der Waals surface area contributed by atoms with Crippen molar-refractivity contribution in [2.45, 2.75) is 5.16 Å². The average Bonchev–Trinajstić information content (AvgIpc) is 3.55. The van der Waals surface area contributed by atoms with E-state index in [0.717, 1.165) is 11.3 Å². The minimum Gasteiger partial charge on any atom is -0.454 e. The van der Waals surface area contributed by atoms with Crippen LogP contribution in [-0.2, 0) is 4.79 Å². The zero-order valence-electron chi connectivity index (χ0n) is 18.6. The van der Waals surface area contributed by atoms with E-state index in [1.54, 1.807) is 34.9 Å². The topological polar surface area (TPSA) is 134 Å². The molecule has 2 heterocycles. The SMILES string of the molecule is O=C(CSc1nnc(-c2cccc([N+](=O)[O-])c2)n1-c1ccccc1)N/N=C\c1ccc2c(c1)OCO2. The number of hydrogen-bond acceptors (Lipinski definition) is 9. The van der Waals surface area contributed by atoms with Gasteiger partial charge in [-0.1, -0.05) is 42.1 Å². The van der Waals surface area contributed by atoms with Gasteiger partial charge in [0.05, 0.1) is 16.9 Å². The Labute approximate surface area is 208 Å². The number of rotatable bonds is 8. The van der Waals surface area contributed by atoms with E-state index in [-0.39, 0.29) is 24.1 Å². The molecule has 0 aliphatic carbocycles. The molecule has 0 saturated heterocycles. The first-order valence-electron chi connectivity index (χ1n) is 10.7. The number of nitrogens with zero attached hydrogens (tertiary/aromatic N) is 5. The Morgan fingerprint density at radius 1 is 1.08 bits per heavy atom. The number of benzene rings is 3. The first-order chi connectivity index (χ1) is 17.6. The molecule has 11 nitrogen and oxygen atoms in total. The highest BCUT2D eigenvalue weighted by Gasteiger charge is 2.19. The van der Waals surface area contributed by atoms with Crippen molar-refractivity contribution in [3.8, 4) is 28.6 Å². The van der Waals surface area contributed by atoms with Gasteiger partial charge in [-0.2, -0.15) is 5.10 Å². The third-order valence-electron chi connectivity index (χ3n) is 5.09. The number of para-hydroxylation sites is 1. The molecule has 36 heavy (non-hydrogen) atoms. The molecule has 180 valence electrons. The van der Waals surface area contributed by atoms with Crippen LogP contribution in [0.1, 0.15) is 5.56 Å². The Bertz CT molecular complexity index is 1460. The summed E-state index contributed by atoms with van der Waals surface area (Å²) in [6.45, 7) is 0.181. The molecular formula is C24H18N6O5S. The number of amides is 1. The van der Waals surface area contributed by atoms with E-state index in [4.69, 9.17) is 9.47 Å². The molecule has 0 bridgehead atoms. The van der Waals surface area contributed by atoms with Gasteiger partial charge < -0.3 is 9.47 Å². The van der Waals surface area contributed by atoms with Gasteiger partial charge in [-0.15, -0.1) is 10.2 Å². The maximum atomic E-state index is 12.4. The van der Waals surface area contributed by atoms with Crippen molar-refractivity contribution in [1.29, 1.82) is 0 Å². The maximum absolute atomic E-state index is 12.4. The van der Waals surface area contributed by atoms with E-state index in [0.29, 0.717) is 28.0 Å². The van der Waals surface area contributed by atoms with Crippen LogP contribution in [0, 0.1) is 10.1 Å². The summed E-state index contributed by atoms with van der Waals surface area (Å²) in [5, 5.41) is 24.2. The molecule has 0 saturated carbocycles. The van der Waals surface area contributed by atoms with Crippen LogP contribution in [0.3, 0.4) is 0 Å². The minimum absolute atomic E-state index is 0.0262. The van der Waals surface area contributed by atoms with Crippen molar-refractivity contribution in [1.82, 2.24) is 20.2 Å². The van der Waals surface area contributed by atoms with Gasteiger partial charge in [-0.25, -0.2) is 5.43 Å². The molecule has 0 unspecified atom stereocenters. The number of carbonyl (C=O) groups excluding carboxylic acids is 1. The van der Waals surface area contributed by atoms with E-state index in [1.165, 1.54) is 30.1 Å². The summed E-state index contributed by atoms with van der Waals surface area (Å²) >= 11 is 1.17. The predicted octanol–water partition coefficient (Wildman–Crippen LogP) is 3.81. The number of nitro groups is 1. The van der Waals surface area contributed by atoms with Gasteiger partial charge in [0.1, 0.15) is 0 Å². The van der Waals surface area contributed by atoms with Gasteiger partial charge >= 0.3 is 0 Å². The number of hydrogen-bond donors (Lipinski definition) is 1. The van der Waals surface area contributed by atoms with Crippen LogP contribution >= 0.6 is 11.8 Å². The Morgan fingerprint density at radius 3 is 2.75 bits per heavy atom. The van der Waals surface area contributed by atoms with Gasteiger partial charge in [-0.3, -0.25) is 19.5 Å². The second-order valence-electron chi connectivity index (χ2n) is 7.48. The molecule has 1 aliphatic rings. The van der Waals surface area contributed by atoms with Crippen LogP contribution in [0.5, 0.6) is 11.5 Å². The molecule has 1 aromatic heterocycles. The van der Waals surface area contributed by atoms with Gasteiger partial charge in [-0.05, 0) is 35.9 Å². The molecule has 0 atom stereocenters. The van der Waals surface area contributed by atoms with Gasteiger partial charge in [0.15, 0.2) is 22.5 Å². The number of carbonyl (C=O) groups is 1. The number of non-ortho nitro benzene ring substituents is 1. The summed E-state index contributed by atoms with van der Waals surface area (Å²) in [6, 6.07) is 20.8. The Morgan fingerprint density at radius 2 is 1.92 bits per heavy atom. The molecule has 12 heteroatoms. The summed E-state index contributed by atoms with van der Waals surface area (Å²) in [6.07, 6.45) is 1.51. The zero-order valence-corrected chi connectivity index (χ0v) is 19.4. The highest BCUT2D eigenvalue weighted by Crippen LogP contribution is 2.32. The largest absolute Gasteiger partial charge is 0.454 e. The summed E-state index contributed by atoms with van der Waals surface area (Å²) in [7, 11) is 0. The van der Waals surface area contributed by atoms with E-state index in [1.807, 2.05) is 30.3 Å². The van der Waals surface area contributed by atoms with E-state index < -0.39 is 4.92 Å². The predicted molar refractivity (Wildman–Crippen MR) is 132 cm³/mol. The highest BCUT2D eigenvalue weighted by molar-refractivity contribution is 7.99. The fourth-order valence-corrected chi connectivity index (χ4v) is 4.20. The van der Waals surface area contributed by atoms with Gasteiger partial charge in [0.2, 0.25) is 6.79 Å². The Hall–Kier alpha value is -4.71. The van der Waals surface area contributed by atoms with Crippen molar-refractivity contribution in [2.24, 2.45) is 5.10 Å². The lowest BCUT2D eigenvalue weighted by Gasteiger charge is -2.10. The highest BCUT2D eigenvalue weighted by atomic mass is 32.2. The van der Waals surface area contributed by atoms with Crippen LogP contribution in [-0.4, -0.2) is 44.4 Å². The summed E-state index contributed by atoms with van der Waals surface area (Å²) in [5.41, 5.74) is 4.48. The molecule has 3 aromatic carbocycles. The third-order valence-corrected chi connectivity index (χ3v) is 6.02. The minimum atomic E-state index is -0.461. The first kappa shape index (κ1) is 23.1. The van der Waals surface area contributed by atoms with Crippen molar-refractivity contribution in [3.05, 3.63) is 88.5 Å². The third kappa shape index (κ3) is 5.03. The Balaban J connectivity index is 1.31. The lowest BCUT2D eigenvalue weighted by molar-refractivity contribution is -0.384. The maximum Gasteiger partial charge on any atom is 0.270 e. The molecule has 1 amide bonds. The van der Waals surface area contributed by atoms with Crippen LogP contribution in [0.4, 0.5) is 5.69 Å². The first-order valence-corrected chi connectivity index (χ1v) is 11.7. The lowest BCUT2D eigenvalue weighted by Crippen LogP contribution is -2.20. The molecule has 1 N–H and O–H groups in total. The molecule has 0 spiro atoms. The van der Waals surface area contributed by atoms with Gasteiger partial charge in [0, 0.05) is 23.4 Å². The fourth-order valence-electron chi connectivity index (χ4n) is 3.45. The van der Waals surface area contributed by atoms with Crippen LogP contribution in [0.15, 0.2) is 83.1 Å². The second-order valence-corrected chi connectivity index (χ2v) is 8.42. The number of aromatic nitrogens is 3. The number of nitrogens with one attached hydrogen (secondary N) is 1. The molecule has 5 rings (SSSR count). The molecule has 4 aromatic rings. The van der Waals surface area contributed by atoms with Crippen LogP contribution in [0.2, 0.25) is 0 Å². The van der Waals surface area contributed by atoms with Crippen LogP contribution in [0.25, 0.3) is 17.1 Å². The summed E-state index contributed by atoms with van der Waals surface area (Å²) in [4.78, 5) is 23.2. The van der Waals surface area contributed by atoms with Crippen molar-refractivity contribution < 1.29 is 19.2 Å². The lowest BCUT2D eigenvalue weighted by atomic mass is 10.2. The molecule has 0 radical (unpaired) electrons. The van der Waals surface area contributed by atoms with Gasteiger partial charge in [0.25, 0.3) is 11.6 Å². The summed E-state index contributed by atoms with van der Waals surface area (Å²) in [5.74, 6) is 1.41. The standard InChI is InChI=1S/C24H18N6O5S/c31-22(26-25-13-16-9-10-20-21(11-16)35-15-34-20)14-36-24-28-27-23(29(24)18-6-2-1-3-7-18)17-5-4-8-19(12-17)30(32)33/h1-13H,14-15H2,(H,26,31)/b25-13-. The number of fused-ring (bicyclic) bond motifs is 1. The van der Waals surface area contributed by atoms with E-state index in [9.17, 15) is 14.9 Å². The normalized spacial score (nSPS) is 12.1. The number of nitro benzene ring substituents is 1. The molecular weight excluding hydrogens is 484 g/mol. The molecule has 0 fully saturated rings. The van der Waals surface area contributed by atoms with Crippen molar-refractivity contribution in [2.75, 3.05) is 12.5 Å². The van der Waals surface area contributed by atoms with Crippen LogP contribution < -0.4 is 14.9 Å². The number of hydrazone groups is 1. The smallest absolute Gasteiger partial charge is 0.270 e. The number of thioether (sulfide) groups is 1. The van der Waals surface area contributed by atoms with E-state index >= 15 is 0 Å². The Kier molecular flexibility index (Phi) is 6.58. The summed E-state index contributed by atoms with van der Waals surface area (Å²) < 4.78 is 12.4. The van der Waals surface area contributed by atoms with E-state index in [2.05, 4.69) is 20.7 Å². The zero-order chi connectivity index (χ0) is 24.9. The quantitative estimate of drug-likeness (QED) is 0.166. The fraction of sp³-hybridized carbons (Fsp3) is 0.0833.